The van der Waals surface area contributed by atoms with Crippen molar-refractivity contribution in [2.24, 2.45) is 17.3 Å². The number of aryl methyl sites for hydroxylation is 1. The van der Waals surface area contributed by atoms with Crippen LogP contribution in [0.2, 0.25) is 0 Å². The predicted molar refractivity (Wildman–Crippen MR) is 139 cm³/mol. The molecule has 0 aliphatic heterocycles. The van der Waals surface area contributed by atoms with E-state index in [1.807, 2.05) is 19.9 Å². The predicted octanol–water partition coefficient (Wildman–Crippen LogP) is 5.82. The molecule has 4 atom stereocenters. The second-order valence-electron chi connectivity index (χ2n) is 10.9. The summed E-state index contributed by atoms with van der Waals surface area (Å²) in [5.74, 6) is -0.0524. The monoisotopic (exact) mass is 509 g/mol. The Morgan fingerprint density at radius 2 is 1.72 bits per heavy atom. The first kappa shape index (κ1) is 25.0. The van der Waals surface area contributed by atoms with E-state index in [0.717, 1.165) is 42.5 Å². The van der Waals surface area contributed by atoms with Crippen LogP contribution in [-0.2, 0) is 30.9 Å². The molecule has 0 radical (unpaired) electrons. The van der Waals surface area contributed by atoms with Gasteiger partial charge in [0.1, 0.15) is 5.00 Å². The fourth-order valence-electron chi connectivity index (χ4n) is 7.59. The summed E-state index contributed by atoms with van der Waals surface area (Å²) in [6.45, 7) is 5.56. The van der Waals surface area contributed by atoms with E-state index in [1.165, 1.54) is 23.3 Å². The van der Waals surface area contributed by atoms with E-state index in [1.54, 1.807) is 6.92 Å². The third-order valence-corrected chi connectivity index (χ3v) is 9.57. The molecular formula is C29H35NO5S. The number of anilines is 1. The van der Waals surface area contributed by atoms with Crippen molar-refractivity contribution in [1.29, 1.82) is 0 Å². The zero-order valence-electron chi connectivity index (χ0n) is 21.4. The third-order valence-electron chi connectivity index (χ3n) is 8.51. The summed E-state index contributed by atoms with van der Waals surface area (Å²) in [5.41, 5.74) is 2.15. The lowest BCUT2D eigenvalue weighted by atomic mass is 9.43. The number of esters is 2. The van der Waals surface area contributed by atoms with Crippen molar-refractivity contribution >= 4 is 34.2 Å². The van der Waals surface area contributed by atoms with E-state index in [9.17, 15) is 14.4 Å². The molecule has 0 spiro atoms. The summed E-state index contributed by atoms with van der Waals surface area (Å²) in [6.07, 6.45) is 6.64. The van der Waals surface area contributed by atoms with Crippen molar-refractivity contribution in [2.75, 3.05) is 18.5 Å². The van der Waals surface area contributed by atoms with Gasteiger partial charge >= 0.3 is 11.9 Å². The Labute approximate surface area is 216 Å². The van der Waals surface area contributed by atoms with Crippen molar-refractivity contribution in [1.82, 2.24) is 0 Å². The summed E-state index contributed by atoms with van der Waals surface area (Å²) in [5, 5.41) is 3.27. The summed E-state index contributed by atoms with van der Waals surface area (Å²) >= 11 is 1.35. The maximum absolute atomic E-state index is 13.5. The number of thiophene rings is 1. The van der Waals surface area contributed by atoms with E-state index in [0.29, 0.717) is 28.8 Å². The molecule has 4 bridgehead atoms. The van der Waals surface area contributed by atoms with Crippen molar-refractivity contribution < 1.29 is 23.9 Å². The molecular weight excluding hydrogens is 474 g/mol. The van der Waals surface area contributed by atoms with Gasteiger partial charge in [-0.3, -0.25) is 9.59 Å². The van der Waals surface area contributed by atoms with Gasteiger partial charge in [0.05, 0.1) is 17.6 Å². The van der Waals surface area contributed by atoms with E-state index in [-0.39, 0.29) is 24.6 Å². The first-order valence-electron chi connectivity index (χ1n) is 13.1. The van der Waals surface area contributed by atoms with Gasteiger partial charge in [-0.2, -0.15) is 0 Å². The van der Waals surface area contributed by atoms with Crippen LogP contribution in [0.4, 0.5) is 5.00 Å². The Balaban J connectivity index is 1.28. The van der Waals surface area contributed by atoms with Crippen LogP contribution in [0.15, 0.2) is 30.3 Å². The zero-order chi connectivity index (χ0) is 25.5. The summed E-state index contributed by atoms with van der Waals surface area (Å²) < 4.78 is 10.9. The molecule has 4 saturated carbocycles. The number of amides is 1. The van der Waals surface area contributed by atoms with Crippen LogP contribution in [0.3, 0.4) is 0 Å². The van der Waals surface area contributed by atoms with Gasteiger partial charge in [0.15, 0.2) is 6.61 Å². The molecule has 4 aliphatic carbocycles. The lowest BCUT2D eigenvalue weighted by molar-refractivity contribution is -0.175. The molecule has 1 heterocycles. The van der Waals surface area contributed by atoms with Crippen LogP contribution in [0, 0.1) is 24.2 Å². The van der Waals surface area contributed by atoms with Gasteiger partial charge in [0.2, 0.25) is 0 Å². The van der Waals surface area contributed by atoms with Gasteiger partial charge in [-0.1, -0.05) is 37.3 Å². The van der Waals surface area contributed by atoms with Gasteiger partial charge in [0, 0.05) is 4.88 Å². The standard InChI is InChI=1S/C29H35NO5S/c1-4-22-18(3)36-25(24(22)26(32)34-5-2)30-23(31)16-35-27(33)29-14-19-11-20(15-29)13-28(12-19,17-29)21-9-7-6-8-10-21/h6-10,19-20H,4-5,11-17H2,1-3H3,(H,30,31)/t19-,20+,28?,29?. The Bertz CT molecular complexity index is 1160. The van der Waals surface area contributed by atoms with Gasteiger partial charge < -0.3 is 14.8 Å². The second-order valence-corrected chi connectivity index (χ2v) is 12.2. The highest BCUT2D eigenvalue weighted by atomic mass is 32.1. The molecule has 4 fully saturated rings. The van der Waals surface area contributed by atoms with Crippen LogP contribution in [0.5, 0.6) is 0 Å². The Morgan fingerprint density at radius 3 is 2.36 bits per heavy atom. The minimum Gasteiger partial charge on any atom is -0.462 e. The molecule has 1 aromatic carbocycles. The molecule has 1 N–H and O–H groups in total. The number of carbonyl (C=O) groups is 3. The average Bonchev–Trinajstić information content (AvgIpc) is 3.16. The molecule has 4 aliphatic rings. The fourth-order valence-corrected chi connectivity index (χ4v) is 8.74. The maximum atomic E-state index is 13.5. The van der Waals surface area contributed by atoms with Crippen molar-refractivity contribution in [3.05, 3.63) is 51.9 Å². The number of benzene rings is 1. The zero-order valence-corrected chi connectivity index (χ0v) is 22.2. The van der Waals surface area contributed by atoms with Crippen LogP contribution >= 0.6 is 11.3 Å². The summed E-state index contributed by atoms with van der Waals surface area (Å²) in [7, 11) is 0. The molecule has 7 heteroatoms. The Hall–Kier alpha value is -2.67. The van der Waals surface area contributed by atoms with Crippen molar-refractivity contribution in [3.63, 3.8) is 0 Å². The largest absolute Gasteiger partial charge is 0.462 e. The molecule has 2 unspecified atom stereocenters. The molecule has 36 heavy (non-hydrogen) atoms. The SMILES string of the molecule is CCOC(=O)c1c(NC(=O)COC(=O)C23C[C@H]4C[C@@H](C2)CC(c2ccccc2)(C4)C3)sc(C)c1CC. The average molecular weight is 510 g/mol. The van der Waals surface area contributed by atoms with Crippen molar-refractivity contribution in [2.45, 2.75) is 71.1 Å². The van der Waals surface area contributed by atoms with E-state index < -0.39 is 17.3 Å². The molecule has 6 nitrogen and oxygen atoms in total. The number of nitrogens with one attached hydrogen (secondary N) is 1. The normalized spacial score (nSPS) is 28.1. The third kappa shape index (κ3) is 4.36. The highest BCUT2D eigenvalue weighted by molar-refractivity contribution is 7.16. The van der Waals surface area contributed by atoms with Crippen LogP contribution in [-0.4, -0.2) is 31.1 Å². The molecule has 192 valence electrons. The lowest BCUT2D eigenvalue weighted by Crippen LogP contribution is -2.57. The Kier molecular flexibility index (Phi) is 6.70. The van der Waals surface area contributed by atoms with Crippen LogP contribution in [0.25, 0.3) is 0 Å². The fraction of sp³-hybridized carbons (Fsp3) is 0.552. The number of hydrogen-bond acceptors (Lipinski definition) is 6. The quantitative estimate of drug-likeness (QED) is 0.454. The molecule has 1 amide bonds. The number of carbonyl (C=O) groups excluding carboxylic acids is 3. The topological polar surface area (TPSA) is 81.7 Å². The molecule has 1 aromatic heterocycles. The summed E-state index contributed by atoms with van der Waals surface area (Å²) in [4.78, 5) is 39.9. The highest BCUT2D eigenvalue weighted by Crippen LogP contribution is 2.66. The molecule has 6 rings (SSSR count). The van der Waals surface area contributed by atoms with Crippen LogP contribution in [0.1, 0.15) is 78.7 Å². The van der Waals surface area contributed by atoms with Gasteiger partial charge in [-0.15, -0.1) is 11.3 Å². The first-order valence-corrected chi connectivity index (χ1v) is 13.9. The van der Waals surface area contributed by atoms with E-state index in [4.69, 9.17) is 9.47 Å². The summed E-state index contributed by atoms with van der Waals surface area (Å²) in [6, 6.07) is 10.6. The number of hydrogen-bond donors (Lipinski definition) is 1. The van der Waals surface area contributed by atoms with Gasteiger partial charge in [-0.25, -0.2) is 4.79 Å². The lowest BCUT2D eigenvalue weighted by Gasteiger charge is -2.61. The highest BCUT2D eigenvalue weighted by Gasteiger charge is 2.61. The number of ether oxygens (including phenoxy) is 2. The van der Waals surface area contributed by atoms with Gasteiger partial charge in [0.25, 0.3) is 5.91 Å². The minimum atomic E-state index is -0.509. The van der Waals surface area contributed by atoms with Crippen LogP contribution < -0.4 is 5.32 Å². The van der Waals surface area contributed by atoms with Crippen molar-refractivity contribution in [3.8, 4) is 0 Å². The first-order chi connectivity index (χ1) is 17.3. The Morgan fingerprint density at radius 1 is 1.03 bits per heavy atom. The molecule has 0 saturated heterocycles. The maximum Gasteiger partial charge on any atom is 0.341 e. The van der Waals surface area contributed by atoms with Gasteiger partial charge in [-0.05, 0) is 87.2 Å². The van der Waals surface area contributed by atoms with E-state index in [2.05, 4.69) is 29.6 Å². The molecule has 2 aromatic rings. The number of rotatable bonds is 8. The van der Waals surface area contributed by atoms with E-state index >= 15 is 0 Å². The smallest absolute Gasteiger partial charge is 0.341 e. The second kappa shape index (κ2) is 9.66. The minimum absolute atomic E-state index is 0.0339.